The topological polar surface area (TPSA) is 34.1 Å². The predicted octanol–water partition coefficient (Wildman–Crippen LogP) is 3.79. The molecule has 2 aromatic rings. The number of ether oxygens (including phenoxy) is 1. The van der Waals surface area contributed by atoms with Crippen LogP contribution in [0.3, 0.4) is 0 Å². The van der Waals surface area contributed by atoms with Crippen LogP contribution in [0.1, 0.15) is 32.3 Å². The molecule has 110 valence electrons. The normalized spacial score (nSPS) is 15.9. The van der Waals surface area contributed by atoms with Gasteiger partial charge in [-0.15, -0.1) is 0 Å². The summed E-state index contributed by atoms with van der Waals surface area (Å²) in [6.07, 6.45) is 8.42. The zero-order valence-corrected chi connectivity index (χ0v) is 12.7. The van der Waals surface area contributed by atoms with Crippen molar-refractivity contribution in [3.63, 3.8) is 0 Å². The summed E-state index contributed by atoms with van der Waals surface area (Å²) in [5, 5.41) is 5.74. The van der Waals surface area contributed by atoms with Crippen molar-refractivity contribution in [1.29, 1.82) is 0 Å². The largest absolute Gasteiger partial charge is 0.490 e. The first-order valence-corrected chi connectivity index (χ1v) is 7.63. The Morgan fingerprint density at radius 3 is 2.81 bits per heavy atom. The Bertz CT molecular complexity index is 653. The molecule has 1 aromatic carbocycles. The Kier molecular flexibility index (Phi) is 4.20. The molecule has 3 nitrogen and oxygen atoms in total. The summed E-state index contributed by atoms with van der Waals surface area (Å²) in [4.78, 5) is 4.21. The van der Waals surface area contributed by atoms with E-state index in [4.69, 9.17) is 4.74 Å². The number of fused-ring (bicyclic) bond motifs is 1. The second-order valence-electron chi connectivity index (χ2n) is 5.86. The molecular weight excluding hydrogens is 260 g/mol. The molecule has 3 heteroatoms. The lowest BCUT2D eigenvalue weighted by molar-refractivity contribution is 0.162. The molecule has 1 saturated heterocycles. The maximum atomic E-state index is 6.29. The molecule has 0 unspecified atom stereocenters. The molecule has 1 fully saturated rings. The van der Waals surface area contributed by atoms with E-state index in [0.717, 1.165) is 37.1 Å². The molecule has 1 aliphatic heterocycles. The van der Waals surface area contributed by atoms with E-state index in [1.54, 1.807) is 0 Å². The number of nitrogens with zero attached hydrogens (tertiary/aromatic N) is 1. The van der Waals surface area contributed by atoms with Crippen molar-refractivity contribution in [2.24, 2.45) is 0 Å². The van der Waals surface area contributed by atoms with Crippen LogP contribution in [0.25, 0.3) is 16.8 Å². The van der Waals surface area contributed by atoms with E-state index in [2.05, 4.69) is 48.4 Å². The molecule has 0 bridgehead atoms. The maximum Gasteiger partial charge on any atom is 0.127 e. The Morgan fingerprint density at radius 1 is 1.24 bits per heavy atom. The summed E-state index contributed by atoms with van der Waals surface area (Å²) in [5.74, 6) is 0.988. The highest BCUT2D eigenvalue weighted by atomic mass is 16.5. The standard InChI is InChI=1S/C18H22N2O/c1-13(2)11-17-16-7-10-20-12-14(16)3-4-18(17)21-15-5-8-19-9-6-15/h3-4,7,10-12,15,19H,5-6,8-9H2,1-2H3. The Balaban J connectivity index is 2.02. The van der Waals surface area contributed by atoms with Gasteiger partial charge in [-0.2, -0.15) is 0 Å². The van der Waals surface area contributed by atoms with Gasteiger partial charge in [0.15, 0.2) is 0 Å². The lowest BCUT2D eigenvalue weighted by Gasteiger charge is -2.25. The van der Waals surface area contributed by atoms with Crippen molar-refractivity contribution in [3.05, 3.63) is 41.7 Å². The molecule has 0 atom stereocenters. The molecule has 0 aliphatic carbocycles. The third kappa shape index (κ3) is 3.24. The first-order valence-electron chi connectivity index (χ1n) is 7.63. The highest BCUT2D eigenvalue weighted by Gasteiger charge is 2.16. The molecule has 2 heterocycles. The first-order chi connectivity index (χ1) is 10.2. The second kappa shape index (κ2) is 6.27. The number of piperidine rings is 1. The number of aromatic nitrogens is 1. The van der Waals surface area contributed by atoms with E-state index in [1.807, 2.05) is 12.4 Å². The van der Waals surface area contributed by atoms with Crippen molar-refractivity contribution in [1.82, 2.24) is 10.3 Å². The van der Waals surface area contributed by atoms with Gasteiger partial charge in [-0.25, -0.2) is 0 Å². The number of nitrogens with one attached hydrogen (secondary N) is 1. The molecular formula is C18H22N2O. The van der Waals surface area contributed by atoms with Gasteiger partial charge in [0.05, 0.1) is 0 Å². The molecule has 0 spiro atoms. The van der Waals surface area contributed by atoms with E-state index in [1.165, 1.54) is 16.5 Å². The summed E-state index contributed by atoms with van der Waals surface area (Å²) in [6.45, 7) is 6.32. The average molecular weight is 282 g/mol. The highest BCUT2D eigenvalue weighted by Crippen LogP contribution is 2.31. The Labute approximate surface area is 126 Å². The number of allylic oxidation sites excluding steroid dienone is 1. The van der Waals surface area contributed by atoms with Crippen LogP contribution in [0.5, 0.6) is 5.75 Å². The van der Waals surface area contributed by atoms with Crippen LogP contribution in [0.2, 0.25) is 0 Å². The quantitative estimate of drug-likeness (QED) is 0.930. The van der Waals surface area contributed by atoms with Crippen LogP contribution >= 0.6 is 0 Å². The minimum atomic E-state index is 0.315. The molecule has 1 aromatic heterocycles. The van der Waals surface area contributed by atoms with Crippen LogP contribution in [-0.4, -0.2) is 24.2 Å². The van der Waals surface area contributed by atoms with Gasteiger partial charge in [-0.3, -0.25) is 4.98 Å². The van der Waals surface area contributed by atoms with Gasteiger partial charge in [0.1, 0.15) is 11.9 Å². The molecule has 21 heavy (non-hydrogen) atoms. The smallest absolute Gasteiger partial charge is 0.127 e. The zero-order chi connectivity index (χ0) is 14.7. The van der Waals surface area contributed by atoms with Gasteiger partial charge in [0.2, 0.25) is 0 Å². The van der Waals surface area contributed by atoms with Gasteiger partial charge in [-0.1, -0.05) is 11.6 Å². The molecule has 0 amide bonds. The van der Waals surface area contributed by atoms with Crippen molar-refractivity contribution in [3.8, 4) is 5.75 Å². The summed E-state index contributed by atoms with van der Waals surface area (Å²) < 4.78 is 6.29. The maximum absolute atomic E-state index is 6.29. The minimum absolute atomic E-state index is 0.315. The fourth-order valence-electron chi connectivity index (χ4n) is 2.81. The highest BCUT2D eigenvalue weighted by molar-refractivity contribution is 5.92. The van der Waals surface area contributed by atoms with Crippen molar-refractivity contribution in [2.45, 2.75) is 32.8 Å². The lowest BCUT2D eigenvalue weighted by atomic mass is 10.0. The lowest BCUT2D eigenvalue weighted by Crippen LogP contribution is -2.34. The number of pyridine rings is 1. The summed E-state index contributed by atoms with van der Waals surface area (Å²) in [5.41, 5.74) is 2.45. The second-order valence-corrected chi connectivity index (χ2v) is 5.86. The number of hydrogen-bond donors (Lipinski definition) is 1. The minimum Gasteiger partial charge on any atom is -0.490 e. The molecule has 1 aliphatic rings. The zero-order valence-electron chi connectivity index (χ0n) is 12.7. The number of hydrogen-bond acceptors (Lipinski definition) is 3. The Morgan fingerprint density at radius 2 is 2.05 bits per heavy atom. The monoisotopic (exact) mass is 282 g/mol. The van der Waals surface area contributed by atoms with Gasteiger partial charge in [0, 0.05) is 23.3 Å². The SMILES string of the molecule is CC(C)=Cc1c(OC2CCNCC2)ccc2cnccc12. The van der Waals surface area contributed by atoms with Gasteiger partial charge in [-0.05, 0) is 63.4 Å². The van der Waals surface area contributed by atoms with Crippen LogP contribution in [-0.2, 0) is 0 Å². The average Bonchev–Trinajstić information content (AvgIpc) is 2.50. The number of rotatable bonds is 3. The summed E-state index contributed by atoms with van der Waals surface area (Å²) in [6, 6.07) is 6.25. The first kappa shape index (κ1) is 14.1. The summed E-state index contributed by atoms with van der Waals surface area (Å²) in [7, 11) is 0. The molecule has 1 N–H and O–H groups in total. The van der Waals surface area contributed by atoms with Crippen LogP contribution in [0.15, 0.2) is 36.2 Å². The fraction of sp³-hybridized carbons (Fsp3) is 0.389. The van der Waals surface area contributed by atoms with Gasteiger partial charge >= 0.3 is 0 Å². The van der Waals surface area contributed by atoms with E-state index < -0.39 is 0 Å². The van der Waals surface area contributed by atoms with Crippen LogP contribution < -0.4 is 10.1 Å². The summed E-state index contributed by atoms with van der Waals surface area (Å²) >= 11 is 0. The third-order valence-electron chi connectivity index (χ3n) is 3.83. The van der Waals surface area contributed by atoms with Crippen molar-refractivity contribution >= 4 is 16.8 Å². The van der Waals surface area contributed by atoms with Crippen LogP contribution in [0.4, 0.5) is 0 Å². The van der Waals surface area contributed by atoms with Gasteiger partial charge in [0.25, 0.3) is 0 Å². The molecule has 0 saturated carbocycles. The van der Waals surface area contributed by atoms with E-state index >= 15 is 0 Å². The predicted molar refractivity (Wildman–Crippen MR) is 87.6 cm³/mol. The van der Waals surface area contributed by atoms with Crippen LogP contribution in [0, 0.1) is 0 Å². The Hall–Kier alpha value is -1.87. The van der Waals surface area contributed by atoms with Gasteiger partial charge < -0.3 is 10.1 Å². The van der Waals surface area contributed by atoms with E-state index in [-0.39, 0.29) is 0 Å². The molecule has 0 radical (unpaired) electrons. The fourth-order valence-corrected chi connectivity index (χ4v) is 2.81. The van der Waals surface area contributed by atoms with E-state index in [9.17, 15) is 0 Å². The third-order valence-corrected chi connectivity index (χ3v) is 3.83. The van der Waals surface area contributed by atoms with Crippen molar-refractivity contribution < 1.29 is 4.74 Å². The molecule has 3 rings (SSSR count). The van der Waals surface area contributed by atoms with Crippen molar-refractivity contribution in [2.75, 3.05) is 13.1 Å². The van der Waals surface area contributed by atoms with E-state index in [0.29, 0.717) is 6.10 Å². The number of benzene rings is 1.